The topological polar surface area (TPSA) is 478 Å². The van der Waals surface area contributed by atoms with Gasteiger partial charge in [-0.15, -0.1) is 27.0 Å². The van der Waals surface area contributed by atoms with E-state index in [0.29, 0.717) is 53.5 Å². The highest BCUT2D eigenvalue weighted by molar-refractivity contribution is 7.81. The van der Waals surface area contributed by atoms with Gasteiger partial charge in [0.1, 0.15) is 88.6 Å². The molecule has 4 atom stereocenters. The van der Waals surface area contributed by atoms with Gasteiger partial charge in [-0.2, -0.15) is 27.2 Å². The molecule has 0 aromatic carbocycles. The molecule has 618 valence electrons. The van der Waals surface area contributed by atoms with Gasteiger partial charge in [0.2, 0.25) is 10.4 Å². The van der Waals surface area contributed by atoms with Crippen LogP contribution < -0.4 is 35.3 Å². The molecule has 4 aliphatic rings. The van der Waals surface area contributed by atoms with Crippen molar-refractivity contribution in [2.24, 2.45) is 17.4 Å². The van der Waals surface area contributed by atoms with Crippen molar-refractivity contribution in [1.29, 1.82) is 0 Å². The van der Waals surface area contributed by atoms with Crippen LogP contribution in [0.1, 0.15) is 171 Å². The number of amides is 8. The molecule has 6 aromatic rings. The number of hydroxylamine groups is 4. The zero-order chi connectivity index (χ0) is 83.3. The summed E-state index contributed by atoms with van der Waals surface area (Å²) < 4.78 is 113. The van der Waals surface area contributed by atoms with Gasteiger partial charge in [-0.25, -0.2) is 47.1 Å². The smallest absolute Gasteiger partial charge is 0.418 e. The highest BCUT2D eigenvalue weighted by atomic mass is 32.3. The van der Waals surface area contributed by atoms with Crippen LogP contribution in [0.4, 0.5) is 29.4 Å². The molecule has 40 nitrogen and oxygen atoms in total. The first-order chi connectivity index (χ1) is 52.4. The standard InChI is InChI=1S/C35H48N8O12S2.C34H46N8O12S2/c1-33(2,3)53-31(46)38-30-36-23(20-56-30)26(28(44)37-27-29(45)43(35(27,7)8)55-57(48,49)50)39-52-16-15-51-22-12-13-25-40(9)24(19-42(25)18-22)21-11-10-14-41(17-21)32(47)54-34(4,5)6;1-32(2,3)52-30(45)38-29-36-23(19-55-29)25(27(43)37-26-28(44)42(34(26,7)8)54-56(47,48)49)39-51-15-14-50-21-11-12-24-35-22(18-41(24)17-21)20-10-9-13-40(16-20)31(46)53-33(4,5)6/h12-13,18-21,27H,10-11,14-17H2,1-9H3,(H2-,36,37,38,44,46,48,49,50);11-12,17-20,26H,9-10,13-16H2,1-8H3,(H,37,43)(H,36,38,45)(H,47,48,49)/b39-26-;39-25-/t;20-,26?/m.0/s1. The lowest BCUT2D eigenvalue weighted by Gasteiger charge is -2.51. The van der Waals surface area contributed by atoms with Crippen LogP contribution >= 0.6 is 22.7 Å². The van der Waals surface area contributed by atoms with Gasteiger partial charge < -0.3 is 67.5 Å². The minimum Gasteiger partial charge on any atom is -0.724 e. The average molecular weight is 1660 g/mol. The van der Waals surface area contributed by atoms with E-state index in [2.05, 4.69) is 54.7 Å². The van der Waals surface area contributed by atoms with Gasteiger partial charge in [0.25, 0.3) is 29.3 Å². The lowest BCUT2D eigenvalue weighted by Crippen LogP contribution is -2.76. The van der Waals surface area contributed by atoms with Crippen molar-refractivity contribution in [3.05, 3.63) is 82.6 Å². The summed E-state index contributed by atoms with van der Waals surface area (Å²) in [5, 5.41) is 21.6. The summed E-state index contributed by atoms with van der Waals surface area (Å²) in [6, 6.07) is 4.64. The number of carbonyl (C=O) groups is 8. The Kier molecular flexibility index (Phi) is 26.4. The van der Waals surface area contributed by atoms with Crippen LogP contribution in [0.2, 0.25) is 0 Å². The first-order valence-electron chi connectivity index (χ1n) is 35.6. The van der Waals surface area contributed by atoms with Gasteiger partial charge in [-0.1, -0.05) is 10.3 Å². The molecule has 0 radical (unpaired) electrons. The number of nitrogens with one attached hydrogen (secondary N) is 4. The van der Waals surface area contributed by atoms with E-state index in [0.717, 1.165) is 65.4 Å². The lowest BCUT2D eigenvalue weighted by molar-refractivity contribution is -0.653. The number of piperidine rings is 2. The SMILES string of the molecule is CC(C)(C)OC(=O)Nc1nc(/C(=N/OCCOc2ccc3nc([C@H]4CCCN(C(=O)OC(C)(C)C)C4)cn3c2)C(=O)NC2C(=O)N(OS(=O)(=O)O)C2(C)C)cs1.C[n+]1c(C2CCCN(C(=O)OC(C)(C)C)C2)cn2cc(OCCO/N=C(\C(=O)NC3C(=O)N(OS(=O)(=O)[O-])C3(C)C)c3csc(NC(=O)OC(C)(C)C)n3)ccc21. The molecule has 6 aromatic heterocycles. The molecule has 3 unspecified atom stereocenters. The molecule has 44 heteroatoms. The second kappa shape index (κ2) is 34.3. The van der Waals surface area contributed by atoms with Crippen molar-refractivity contribution in [2.75, 3.05) is 63.2 Å². The number of oxime groups is 2. The molecule has 4 aliphatic heterocycles. The number of anilines is 2. The number of aryl methyl sites for hydroxylation is 1. The maximum atomic E-state index is 13.5. The van der Waals surface area contributed by atoms with E-state index in [4.69, 9.17) is 47.6 Å². The fraction of sp³-hybridized carbons (Fsp3) is 0.565. The molecule has 10 rings (SSSR count). The molecule has 113 heavy (non-hydrogen) atoms. The third kappa shape index (κ3) is 23.5. The number of hydrogen-bond donors (Lipinski definition) is 5. The number of pyridine rings is 2. The first-order valence-corrected chi connectivity index (χ1v) is 40.0. The van der Waals surface area contributed by atoms with Crippen molar-refractivity contribution in [3.8, 4) is 11.5 Å². The number of hydrogen-bond acceptors (Lipinski definition) is 30. The van der Waals surface area contributed by atoms with Crippen molar-refractivity contribution in [2.45, 2.75) is 194 Å². The zero-order valence-corrected chi connectivity index (χ0v) is 68.7. The quantitative estimate of drug-likeness (QED) is 0.00603. The molecule has 0 spiro atoms. The number of rotatable bonds is 24. The Hall–Kier alpha value is -10.1. The van der Waals surface area contributed by atoms with Gasteiger partial charge in [0.05, 0.1) is 30.0 Å². The molecular formula is C69H94N16O24S4. The fourth-order valence-electron chi connectivity index (χ4n) is 11.9. The van der Waals surface area contributed by atoms with Crippen LogP contribution in [0.15, 0.2) is 70.1 Å². The molecule has 0 aliphatic carbocycles. The number of ether oxygens (including phenoxy) is 6. The van der Waals surface area contributed by atoms with E-state index in [1.165, 1.54) is 38.5 Å². The average Bonchev–Trinajstić information content (AvgIpc) is 1.57. The maximum absolute atomic E-state index is 13.5. The predicted octanol–water partition coefficient (Wildman–Crippen LogP) is 6.87. The Morgan fingerprint density at radius 2 is 1.03 bits per heavy atom. The van der Waals surface area contributed by atoms with Crippen LogP contribution in [0.25, 0.3) is 11.3 Å². The van der Waals surface area contributed by atoms with Crippen molar-refractivity contribution < 1.29 is 116 Å². The van der Waals surface area contributed by atoms with Gasteiger partial charge >= 0.3 is 34.8 Å². The van der Waals surface area contributed by atoms with Gasteiger partial charge in [-0.3, -0.25) is 34.4 Å². The van der Waals surface area contributed by atoms with E-state index in [-0.39, 0.29) is 83.5 Å². The molecule has 4 saturated heterocycles. The Morgan fingerprint density at radius 1 is 0.593 bits per heavy atom. The van der Waals surface area contributed by atoms with Crippen molar-refractivity contribution >= 4 is 124 Å². The van der Waals surface area contributed by atoms with E-state index in [1.54, 1.807) is 75.7 Å². The third-order valence-corrected chi connectivity index (χ3v) is 19.1. The summed E-state index contributed by atoms with van der Waals surface area (Å²) in [5.74, 6) is -2.65. The largest absolute Gasteiger partial charge is 0.724 e. The molecule has 10 heterocycles. The summed E-state index contributed by atoms with van der Waals surface area (Å²) in [7, 11) is -8.31. The Morgan fingerprint density at radius 3 is 1.47 bits per heavy atom. The summed E-state index contributed by atoms with van der Waals surface area (Å²) in [5.41, 5.74) is -2.89. The zero-order valence-electron chi connectivity index (χ0n) is 65.4. The summed E-state index contributed by atoms with van der Waals surface area (Å²) in [6.45, 7) is 28.8. The second-order valence-electron chi connectivity index (χ2n) is 31.5. The molecule has 8 amide bonds. The van der Waals surface area contributed by atoms with Gasteiger partial charge in [0.15, 0.2) is 40.6 Å². The molecule has 5 N–H and O–H groups in total. The highest BCUT2D eigenvalue weighted by Gasteiger charge is 2.59. The monoisotopic (exact) mass is 1660 g/mol. The summed E-state index contributed by atoms with van der Waals surface area (Å²) in [6.07, 6.45) is 8.72. The van der Waals surface area contributed by atoms with Crippen LogP contribution in [-0.2, 0) is 84.2 Å². The summed E-state index contributed by atoms with van der Waals surface area (Å²) in [4.78, 5) is 130. The number of imidazole rings is 2. The second-order valence-corrected chi connectivity index (χ2v) is 35.2. The molecule has 0 bridgehead atoms. The number of fused-ring (bicyclic) bond motifs is 2. The van der Waals surface area contributed by atoms with Crippen LogP contribution in [0, 0.1) is 0 Å². The van der Waals surface area contributed by atoms with E-state index >= 15 is 0 Å². The van der Waals surface area contributed by atoms with Crippen LogP contribution in [-0.4, -0.2) is 227 Å². The van der Waals surface area contributed by atoms with Crippen LogP contribution in [0.3, 0.4) is 0 Å². The number of likely N-dealkylation sites (tertiary alicyclic amines) is 2. The Balaban J connectivity index is 0.000000259. The maximum Gasteiger partial charge on any atom is 0.418 e. The van der Waals surface area contributed by atoms with Crippen molar-refractivity contribution in [1.82, 2.24) is 54.3 Å². The van der Waals surface area contributed by atoms with Crippen molar-refractivity contribution in [3.63, 3.8) is 0 Å². The predicted molar refractivity (Wildman–Crippen MR) is 402 cm³/mol. The Labute approximate surface area is 659 Å². The number of nitrogens with zero attached hydrogens (tertiary/aromatic N) is 12. The lowest BCUT2D eigenvalue weighted by atomic mass is 9.84. The first kappa shape index (κ1) is 86.9. The van der Waals surface area contributed by atoms with Gasteiger partial charge in [0, 0.05) is 61.0 Å². The summed E-state index contributed by atoms with van der Waals surface area (Å²) >= 11 is 1.93. The van der Waals surface area contributed by atoms with E-state index in [1.807, 2.05) is 82.0 Å². The fourth-order valence-corrected chi connectivity index (χ4v) is 14.2. The number of thiazole rings is 2. The molecule has 4 fully saturated rings. The van der Waals surface area contributed by atoms with Gasteiger partial charge in [-0.05, 0) is 155 Å². The minimum atomic E-state index is -5.27. The highest BCUT2D eigenvalue weighted by Crippen LogP contribution is 2.36. The molecule has 0 saturated carbocycles. The number of β-lactam (4-membered cyclic amide) rings is 2. The van der Waals surface area contributed by atoms with Crippen LogP contribution in [0.5, 0.6) is 11.5 Å². The number of aromatic nitrogens is 6. The minimum absolute atomic E-state index is 0.00246. The third-order valence-electron chi connectivity index (χ3n) is 16.9. The normalized spacial score (nSPS) is 18.9. The molecular weight excluding hydrogens is 1570 g/mol. The van der Waals surface area contributed by atoms with E-state index < -0.39 is 102 Å². The van der Waals surface area contributed by atoms with E-state index in [9.17, 15) is 59.7 Å². The number of carbonyl (C=O) groups excluding carboxylic acids is 8. The Bertz CT molecular complexity index is 4850.